The molecule has 0 spiro atoms. The molecule has 0 saturated heterocycles. The van der Waals surface area contributed by atoms with Gasteiger partial charge >= 0.3 is 14.2 Å². The van der Waals surface area contributed by atoms with Gasteiger partial charge in [-0.2, -0.15) is 0 Å². The van der Waals surface area contributed by atoms with E-state index >= 15 is 0 Å². The molecule has 6 heteroatoms. The number of carbonyl (C=O) groups excluding carboxylic acids is 1. The third-order valence-corrected chi connectivity index (χ3v) is 1.38. The van der Waals surface area contributed by atoms with Gasteiger partial charge in [0.1, 0.15) is 0 Å². The van der Waals surface area contributed by atoms with Crippen LogP contribution in [0, 0.1) is 0 Å². The predicted molar refractivity (Wildman–Crippen MR) is 42.9 cm³/mol. The van der Waals surface area contributed by atoms with E-state index in [0.29, 0.717) is 6.42 Å². The quantitative estimate of drug-likeness (QED) is 0.288. The number of ether oxygens (including phenoxy) is 1. The lowest BCUT2D eigenvalue weighted by molar-refractivity contribution is -0.137. The van der Waals surface area contributed by atoms with Crippen LogP contribution in [0.1, 0.15) is 6.42 Å². The van der Waals surface area contributed by atoms with Crippen LogP contribution in [0.2, 0.25) is 0 Å². The fourth-order valence-electron chi connectivity index (χ4n) is 0.450. The molecule has 0 bridgehead atoms. The smallest absolute Gasteiger partial charge is 0.330 e. The number of esters is 1. The highest BCUT2D eigenvalue weighted by molar-refractivity contribution is 7.32. The molecule has 5 nitrogen and oxygen atoms in total. The predicted octanol–water partition coefficient (Wildman–Crippen LogP) is 0.504. The van der Waals surface area contributed by atoms with Crippen LogP contribution in [0.15, 0.2) is 12.7 Å². The average Bonchev–Trinajstić information content (AvgIpc) is 2.03. The highest BCUT2D eigenvalue weighted by Crippen LogP contribution is 2.13. The van der Waals surface area contributed by atoms with Crippen molar-refractivity contribution in [2.24, 2.45) is 0 Å². The number of hydrogen-bond acceptors (Lipinski definition) is 4. The fourth-order valence-corrected chi connectivity index (χ4v) is 0.769. The van der Waals surface area contributed by atoms with Gasteiger partial charge in [0.2, 0.25) is 0 Å². The zero-order chi connectivity index (χ0) is 9.40. The Bertz CT molecular complexity index is 179. The molecule has 0 amide bonds. The Morgan fingerprint density at radius 3 is 2.75 bits per heavy atom. The van der Waals surface area contributed by atoms with E-state index in [0.717, 1.165) is 6.08 Å². The molecule has 1 unspecified atom stereocenters. The summed E-state index contributed by atoms with van der Waals surface area (Å²) in [6.45, 7) is 3.47. The number of hydrogen-bond donors (Lipinski definition) is 1. The zero-order valence-electron chi connectivity index (χ0n) is 6.49. The fraction of sp³-hybridized carbons (Fsp3) is 0.500. The molecule has 0 aliphatic carbocycles. The highest BCUT2D eigenvalue weighted by Gasteiger charge is 1.96. The molecule has 0 radical (unpaired) electrons. The molecule has 0 saturated carbocycles. The summed E-state index contributed by atoms with van der Waals surface area (Å²) in [7, 11) is -2.85. The molecule has 0 aliphatic rings. The second-order valence-electron chi connectivity index (χ2n) is 1.84. The Labute approximate surface area is 70.9 Å². The Balaban J connectivity index is 3.16. The van der Waals surface area contributed by atoms with E-state index in [9.17, 15) is 9.36 Å². The summed E-state index contributed by atoms with van der Waals surface area (Å²) in [6, 6.07) is 0. The van der Waals surface area contributed by atoms with E-state index in [1.54, 1.807) is 0 Å². The summed E-state index contributed by atoms with van der Waals surface area (Å²) >= 11 is 0. The lowest BCUT2D eigenvalue weighted by Crippen LogP contribution is -2.03. The van der Waals surface area contributed by atoms with Crippen molar-refractivity contribution in [2.45, 2.75) is 6.42 Å². The first-order chi connectivity index (χ1) is 5.66. The minimum Gasteiger partial charge on any atom is -0.462 e. The van der Waals surface area contributed by atoms with Crippen LogP contribution < -0.4 is 0 Å². The maximum atomic E-state index is 10.4. The van der Waals surface area contributed by atoms with Gasteiger partial charge in [0, 0.05) is 12.5 Å². The average molecular weight is 194 g/mol. The van der Waals surface area contributed by atoms with Crippen molar-refractivity contribution in [3.8, 4) is 0 Å². The highest BCUT2D eigenvalue weighted by atomic mass is 31.1. The third kappa shape index (κ3) is 7.47. The molecule has 0 aromatic heterocycles. The summed E-state index contributed by atoms with van der Waals surface area (Å²) in [6.07, 6.45) is 1.45. The number of carbonyl (C=O) groups is 1. The van der Waals surface area contributed by atoms with Gasteiger partial charge in [0.05, 0.1) is 13.2 Å². The molecule has 0 aromatic carbocycles. The first-order valence-electron chi connectivity index (χ1n) is 3.31. The first-order valence-corrected chi connectivity index (χ1v) is 4.58. The standard InChI is InChI=1S/C6H11O5P/c1-2-6(7)10-4-3-5-11-12(8)9/h2,12H,1,3-5H2,(H,8,9). The van der Waals surface area contributed by atoms with Crippen LogP contribution in [0.4, 0.5) is 0 Å². The van der Waals surface area contributed by atoms with E-state index in [1.165, 1.54) is 0 Å². The van der Waals surface area contributed by atoms with Crippen molar-refractivity contribution in [3.05, 3.63) is 12.7 Å². The van der Waals surface area contributed by atoms with E-state index in [1.807, 2.05) is 0 Å². The minimum atomic E-state index is -2.85. The summed E-state index contributed by atoms with van der Waals surface area (Å²) in [5.74, 6) is -0.508. The summed E-state index contributed by atoms with van der Waals surface area (Å²) in [5, 5.41) is 0. The largest absolute Gasteiger partial charge is 0.462 e. The van der Waals surface area contributed by atoms with E-state index in [4.69, 9.17) is 4.89 Å². The maximum absolute atomic E-state index is 10.4. The maximum Gasteiger partial charge on any atom is 0.330 e. The van der Waals surface area contributed by atoms with E-state index in [2.05, 4.69) is 15.8 Å². The first kappa shape index (κ1) is 11.4. The van der Waals surface area contributed by atoms with E-state index in [-0.39, 0.29) is 13.2 Å². The lowest BCUT2D eigenvalue weighted by Gasteiger charge is -2.00. The monoisotopic (exact) mass is 194 g/mol. The molecule has 0 aromatic rings. The van der Waals surface area contributed by atoms with Gasteiger partial charge in [-0.1, -0.05) is 6.58 Å². The molecule has 12 heavy (non-hydrogen) atoms. The van der Waals surface area contributed by atoms with Gasteiger partial charge in [-0.15, -0.1) is 0 Å². The van der Waals surface area contributed by atoms with Crippen LogP contribution in [0.25, 0.3) is 0 Å². The molecule has 0 rings (SSSR count). The van der Waals surface area contributed by atoms with Gasteiger partial charge < -0.3 is 14.2 Å². The topological polar surface area (TPSA) is 72.8 Å². The molecule has 70 valence electrons. The normalized spacial score (nSPS) is 12.1. The second kappa shape index (κ2) is 7.03. The SMILES string of the molecule is C=CC(=O)OCCCO[PH](=O)O. The van der Waals surface area contributed by atoms with Crippen molar-refractivity contribution in [2.75, 3.05) is 13.2 Å². The third-order valence-electron chi connectivity index (χ3n) is 0.925. The van der Waals surface area contributed by atoms with Crippen LogP contribution >= 0.6 is 8.25 Å². The van der Waals surface area contributed by atoms with Crippen molar-refractivity contribution >= 4 is 14.2 Å². The molecule has 1 N–H and O–H groups in total. The van der Waals surface area contributed by atoms with Crippen LogP contribution in [0.5, 0.6) is 0 Å². The van der Waals surface area contributed by atoms with Gasteiger partial charge in [-0.05, 0) is 0 Å². The Morgan fingerprint density at radius 1 is 1.58 bits per heavy atom. The van der Waals surface area contributed by atoms with Crippen molar-refractivity contribution < 1.29 is 23.5 Å². The van der Waals surface area contributed by atoms with Gasteiger partial charge in [0.25, 0.3) is 0 Å². The Kier molecular flexibility index (Phi) is 6.66. The Hall–Kier alpha value is -0.640. The Morgan fingerprint density at radius 2 is 2.25 bits per heavy atom. The van der Waals surface area contributed by atoms with Crippen molar-refractivity contribution in [3.63, 3.8) is 0 Å². The molecule has 0 fully saturated rings. The lowest BCUT2D eigenvalue weighted by atomic mass is 10.5. The second-order valence-corrected chi connectivity index (χ2v) is 2.66. The van der Waals surface area contributed by atoms with Crippen molar-refractivity contribution in [1.29, 1.82) is 0 Å². The zero-order valence-corrected chi connectivity index (χ0v) is 7.49. The van der Waals surface area contributed by atoms with Crippen LogP contribution in [0.3, 0.4) is 0 Å². The van der Waals surface area contributed by atoms with Crippen LogP contribution in [-0.4, -0.2) is 24.1 Å². The van der Waals surface area contributed by atoms with E-state index < -0.39 is 14.2 Å². The van der Waals surface area contributed by atoms with Gasteiger partial charge in [-0.3, -0.25) is 4.57 Å². The van der Waals surface area contributed by atoms with Gasteiger partial charge in [0.15, 0.2) is 0 Å². The molecule has 0 heterocycles. The summed E-state index contributed by atoms with van der Waals surface area (Å²) < 4.78 is 18.9. The molecular formula is C6H11O5P. The minimum absolute atomic E-state index is 0.110. The van der Waals surface area contributed by atoms with Crippen molar-refractivity contribution in [1.82, 2.24) is 0 Å². The number of rotatable bonds is 6. The van der Waals surface area contributed by atoms with Crippen LogP contribution in [-0.2, 0) is 18.6 Å². The molecule has 0 aliphatic heterocycles. The van der Waals surface area contributed by atoms with Gasteiger partial charge in [-0.25, -0.2) is 4.79 Å². The molecule has 1 atom stereocenters. The summed E-state index contributed by atoms with van der Waals surface area (Å²) in [4.78, 5) is 18.6. The molecular weight excluding hydrogens is 183 g/mol. The summed E-state index contributed by atoms with van der Waals surface area (Å²) in [5.41, 5.74) is 0.